The van der Waals surface area contributed by atoms with E-state index in [9.17, 15) is 9.90 Å². The van der Waals surface area contributed by atoms with Crippen molar-refractivity contribution >= 4 is 33.8 Å². The second kappa shape index (κ2) is 11.8. The molecule has 6 aromatic rings. The van der Waals surface area contributed by atoms with Crippen molar-refractivity contribution < 1.29 is 9.90 Å². The van der Waals surface area contributed by atoms with Crippen molar-refractivity contribution in [1.82, 2.24) is 29.2 Å². The van der Waals surface area contributed by atoms with Gasteiger partial charge in [-0.1, -0.05) is 86.7 Å². The highest BCUT2D eigenvalue weighted by molar-refractivity contribution is 6.02. The summed E-state index contributed by atoms with van der Waals surface area (Å²) in [5, 5.41) is 11.7. The molecule has 0 saturated carbocycles. The van der Waals surface area contributed by atoms with Crippen LogP contribution in [-0.4, -0.2) is 53.5 Å². The maximum atomic E-state index is 11.5. The van der Waals surface area contributed by atoms with Gasteiger partial charge in [0.2, 0.25) is 0 Å². The van der Waals surface area contributed by atoms with Crippen LogP contribution in [0.25, 0.3) is 44.4 Å². The zero-order valence-electron chi connectivity index (χ0n) is 26.2. The molecule has 9 heteroatoms. The average molecular weight is 612 g/mol. The monoisotopic (exact) mass is 611 g/mol. The lowest BCUT2D eigenvalue weighted by Gasteiger charge is -2.29. The van der Waals surface area contributed by atoms with Gasteiger partial charge in [0.1, 0.15) is 28.7 Å². The molecule has 1 aliphatic carbocycles. The van der Waals surface area contributed by atoms with Gasteiger partial charge in [0.25, 0.3) is 0 Å². The van der Waals surface area contributed by atoms with Gasteiger partial charge in [-0.3, -0.25) is 4.40 Å². The predicted molar refractivity (Wildman–Crippen MR) is 183 cm³/mol. The summed E-state index contributed by atoms with van der Waals surface area (Å²) in [4.78, 5) is 31.1. The molecule has 0 saturated heterocycles. The number of carboxylic acid groups (broad SMARTS) is 1. The van der Waals surface area contributed by atoms with Crippen molar-refractivity contribution in [3.63, 3.8) is 0 Å². The molecular formula is C37H37N7O2. The van der Waals surface area contributed by atoms with Crippen LogP contribution in [-0.2, 0) is 6.42 Å². The number of fused-ring (bicyclic) bond motifs is 2. The fourth-order valence-electron chi connectivity index (χ4n) is 6.65. The Morgan fingerprint density at radius 3 is 2.52 bits per heavy atom. The smallest absolute Gasteiger partial charge is 0.407 e. The molecule has 1 amide bonds. The van der Waals surface area contributed by atoms with Crippen LogP contribution >= 0.6 is 0 Å². The number of nitrogens with two attached hydrogens (primary N) is 1. The minimum Gasteiger partial charge on any atom is -0.465 e. The van der Waals surface area contributed by atoms with E-state index in [0.29, 0.717) is 18.7 Å². The number of hydrogen-bond acceptors (Lipinski definition) is 5. The fraction of sp³-hybridized carbons (Fsp3) is 0.243. The molecule has 3 aromatic heterocycles. The minimum absolute atomic E-state index is 0.0441. The zero-order chi connectivity index (χ0) is 31.9. The van der Waals surface area contributed by atoms with Crippen molar-refractivity contribution in [2.45, 2.75) is 51.5 Å². The van der Waals surface area contributed by atoms with Gasteiger partial charge < -0.3 is 20.7 Å². The normalized spacial score (nSPS) is 15.0. The molecule has 1 atom stereocenters. The molecule has 3 aromatic carbocycles. The van der Waals surface area contributed by atoms with Crippen LogP contribution in [0.15, 0.2) is 85.2 Å². The molecule has 1 unspecified atom stereocenters. The number of allylic oxidation sites excluding steroid dienone is 1. The first kappa shape index (κ1) is 29.3. The number of anilines is 1. The van der Waals surface area contributed by atoms with E-state index in [1.807, 2.05) is 30.6 Å². The molecule has 1 aliphatic rings. The summed E-state index contributed by atoms with van der Waals surface area (Å²) in [6.07, 6.45) is 7.77. The van der Waals surface area contributed by atoms with Crippen LogP contribution < -0.4 is 5.73 Å². The van der Waals surface area contributed by atoms with E-state index in [1.54, 1.807) is 7.05 Å². The fourth-order valence-corrected chi connectivity index (χ4v) is 6.65. The van der Waals surface area contributed by atoms with E-state index in [4.69, 9.17) is 15.7 Å². The Morgan fingerprint density at radius 1 is 1.04 bits per heavy atom. The Morgan fingerprint density at radius 2 is 1.80 bits per heavy atom. The minimum atomic E-state index is -0.904. The van der Waals surface area contributed by atoms with Crippen LogP contribution in [0.2, 0.25) is 0 Å². The predicted octanol–water partition coefficient (Wildman–Crippen LogP) is 7.78. The van der Waals surface area contributed by atoms with Crippen LogP contribution in [0, 0.1) is 0 Å². The molecule has 0 aliphatic heterocycles. The largest absolute Gasteiger partial charge is 0.465 e. The third kappa shape index (κ3) is 5.17. The number of rotatable bonds is 7. The van der Waals surface area contributed by atoms with E-state index in [1.165, 1.54) is 10.5 Å². The molecule has 46 heavy (non-hydrogen) atoms. The molecule has 0 bridgehead atoms. The number of amides is 1. The van der Waals surface area contributed by atoms with E-state index in [2.05, 4.69) is 82.8 Å². The van der Waals surface area contributed by atoms with Crippen molar-refractivity contribution in [1.29, 1.82) is 0 Å². The van der Waals surface area contributed by atoms with Crippen molar-refractivity contribution in [3.05, 3.63) is 108 Å². The number of hydrogen-bond donors (Lipinski definition) is 3. The maximum absolute atomic E-state index is 11.5. The molecule has 4 N–H and O–H groups in total. The third-order valence-electron chi connectivity index (χ3n) is 9.13. The Bertz CT molecular complexity index is 2110. The molecule has 0 fully saturated rings. The van der Waals surface area contributed by atoms with Gasteiger partial charge in [-0.2, -0.15) is 0 Å². The highest BCUT2D eigenvalue weighted by atomic mass is 16.4. The molecule has 7 rings (SSSR count). The van der Waals surface area contributed by atoms with Gasteiger partial charge in [-0.25, -0.2) is 19.7 Å². The molecule has 3 heterocycles. The van der Waals surface area contributed by atoms with Crippen molar-refractivity contribution in [3.8, 4) is 22.5 Å². The van der Waals surface area contributed by atoms with Gasteiger partial charge in [-0.15, -0.1) is 0 Å². The SMILES string of the molecule is CC(C)c1nc(-c2ccc(Cc3ncc(-c4ccccc4)[nH]3)c3ccccc23)c2c(N)ncc(C3=CCC(N(C)C(=O)O)CC3)n12. The number of imidazole rings is 2. The summed E-state index contributed by atoms with van der Waals surface area (Å²) in [6, 6.07) is 22.9. The number of aromatic amines is 1. The van der Waals surface area contributed by atoms with Crippen LogP contribution in [0.3, 0.4) is 0 Å². The average Bonchev–Trinajstić information content (AvgIpc) is 3.72. The number of nitrogen functional groups attached to an aromatic ring is 1. The molecule has 0 radical (unpaired) electrons. The van der Waals surface area contributed by atoms with E-state index >= 15 is 0 Å². The molecular weight excluding hydrogens is 574 g/mol. The van der Waals surface area contributed by atoms with E-state index < -0.39 is 6.09 Å². The van der Waals surface area contributed by atoms with E-state index in [0.717, 1.165) is 74.6 Å². The van der Waals surface area contributed by atoms with Gasteiger partial charge in [0.15, 0.2) is 0 Å². The maximum Gasteiger partial charge on any atom is 0.407 e. The third-order valence-corrected chi connectivity index (χ3v) is 9.13. The Hall–Kier alpha value is -5.44. The van der Waals surface area contributed by atoms with Crippen LogP contribution in [0.5, 0.6) is 0 Å². The first-order chi connectivity index (χ1) is 22.3. The number of nitrogens with one attached hydrogen (secondary N) is 1. The zero-order valence-corrected chi connectivity index (χ0v) is 26.2. The Balaban J connectivity index is 1.31. The summed E-state index contributed by atoms with van der Waals surface area (Å²) in [5.74, 6) is 2.37. The van der Waals surface area contributed by atoms with Gasteiger partial charge in [0, 0.05) is 31.0 Å². The topological polar surface area (TPSA) is 125 Å². The number of aromatic nitrogens is 5. The van der Waals surface area contributed by atoms with E-state index in [-0.39, 0.29) is 12.0 Å². The molecule has 232 valence electrons. The lowest BCUT2D eigenvalue weighted by atomic mass is 9.92. The van der Waals surface area contributed by atoms with Crippen molar-refractivity contribution in [2.75, 3.05) is 12.8 Å². The quantitative estimate of drug-likeness (QED) is 0.169. The number of carbonyl (C=O) groups is 1. The van der Waals surface area contributed by atoms with Crippen molar-refractivity contribution in [2.24, 2.45) is 0 Å². The summed E-state index contributed by atoms with van der Waals surface area (Å²) in [5.41, 5.74) is 14.6. The highest BCUT2D eigenvalue weighted by Gasteiger charge is 2.27. The molecule has 9 nitrogen and oxygen atoms in total. The highest BCUT2D eigenvalue weighted by Crippen LogP contribution is 2.39. The van der Waals surface area contributed by atoms with Gasteiger partial charge in [-0.05, 0) is 46.7 Å². The van der Waals surface area contributed by atoms with Gasteiger partial charge >= 0.3 is 6.09 Å². The molecule has 0 spiro atoms. The Labute approximate surface area is 267 Å². The summed E-state index contributed by atoms with van der Waals surface area (Å²) < 4.78 is 2.17. The lowest BCUT2D eigenvalue weighted by molar-refractivity contribution is 0.135. The first-order valence-corrected chi connectivity index (χ1v) is 15.7. The number of nitrogens with zero attached hydrogens (tertiary/aromatic N) is 5. The Kier molecular flexibility index (Phi) is 7.52. The summed E-state index contributed by atoms with van der Waals surface area (Å²) >= 11 is 0. The van der Waals surface area contributed by atoms with Crippen LogP contribution in [0.1, 0.15) is 61.9 Å². The summed E-state index contributed by atoms with van der Waals surface area (Å²) in [7, 11) is 1.64. The van der Waals surface area contributed by atoms with Crippen LogP contribution in [0.4, 0.5) is 10.6 Å². The first-order valence-electron chi connectivity index (χ1n) is 15.7. The second-order valence-electron chi connectivity index (χ2n) is 12.3. The second-order valence-corrected chi connectivity index (χ2v) is 12.3. The number of H-pyrrole nitrogens is 1. The lowest BCUT2D eigenvalue weighted by Crippen LogP contribution is -2.36. The summed E-state index contributed by atoms with van der Waals surface area (Å²) in [6.45, 7) is 4.28. The van der Waals surface area contributed by atoms with Gasteiger partial charge in [0.05, 0.1) is 23.8 Å². The number of benzene rings is 3. The standard InChI is InChI=1S/C37H37N7O2/c1-22(2)36-42-33(34-35(38)40-21-31(44(34)36)24-13-16-26(17-14-24)43(3)37(45)46)29-18-15-25(27-11-7-8-12-28(27)29)19-32-39-20-30(41-32)23-9-5-4-6-10-23/h4-13,15,18,20-22,26H,14,16-17,19H2,1-3H3,(H2,38,40)(H,39,41)(H,45,46).